The van der Waals surface area contributed by atoms with Gasteiger partial charge in [0, 0.05) is 18.9 Å². The minimum absolute atomic E-state index is 0.157. The van der Waals surface area contributed by atoms with Crippen molar-refractivity contribution in [3.05, 3.63) is 41.7 Å². The maximum absolute atomic E-state index is 12.0. The van der Waals surface area contributed by atoms with Crippen LogP contribution in [-0.2, 0) is 0 Å². The summed E-state index contributed by atoms with van der Waals surface area (Å²) in [4.78, 5) is 12.0. The summed E-state index contributed by atoms with van der Waals surface area (Å²) in [5.41, 5.74) is 3.18. The molecule has 0 unspecified atom stereocenters. The molecule has 3 N–H and O–H groups in total. The van der Waals surface area contributed by atoms with Crippen molar-refractivity contribution in [2.75, 3.05) is 17.7 Å². The molecular formula is C12H14N4O. The zero-order chi connectivity index (χ0) is 12.3. The van der Waals surface area contributed by atoms with E-state index in [0.717, 1.165) is 11.3 Å². The molecule has 0 fully saturated rings. The van der Waals surface area contributed by atoms with Crippen LogP contribution in [0, 0.1) is 6.92 Å². The van der Waals surface area contributed by atoms with Crippen LogP contribution in [0.15, 0.2) is 30.6 Å². The molecule has 0 aliphatic heterocycles. The molecule has 0 radical (unpaired) electrons. The maximum atomic E-state index is 12.0. The molecule has 88 valence electrons. The van der Waals surface area contributed by atoms with Gasteiger partial charge in [-0.3, -0.25) is 9.89 Å². The summed E-state index contributed by atoms with van der Waals surface area (Å²) in [7, 11) is 1.80. The molecule has 5 nitrogen and oxygen atoms in total. The van der Waals surface area contributed by atoms with Crippen molar-refractivity contribution in [1.82, 2.24) is 10.2 Å². The van der Waals surface area contributed by atoms with E-state index in [0.29, 0.717) is 11.3 Å². The monoisotopic (exact) mass is 230 g/mol. The first-order valence-corrected chi connectivity index (χ1v) is 5.29. The van der Waals surface area contributed by atoms with E-state index in [1.54, 1.807) is 25.5 Å². The summed E-state index contributed by atoms with van der Waals surface area (Å²) in [6, 6.07) is 5.64. The fourth-order valence-corrected chi connectivity index (χ4v) is 1.58. The third-order valence-corrected chi connectivity index (χ3v) is 2.45. The molecule has 0 bridgehead atoms. The summed E-state index contributed by atoms with van der Waals surface area (Å²) >= 11 is 0. The van der Waals surface area contributed by atoms with Crippen LogP contribution in [0.2, 0.25) is 0 Å². The molecule has 0 aliphatic rings. The summed E-state index contributed by atoms with van der Waals surface area (Å²) in [5.74, 6) is -0.157. The number of amides is 1. The largest absolute Gasteiger partial charge is 0.387 e. The number of carbonyl (C=O) groups excluding carboxylic acids is 1. The van der Waals surface area contributed by atoms with Crippen LogP contribution in [0.5, 0.6) is 0 Å². The van der Waals surface area contributed by atoms with Crippen molar-refractivity contribution < 1.29 is 4.79 Å². The Balaban J connectivity index is 2.24. The van der Waals surface area contributed by atoms with Gasteiger partial charge in [-0.1, -0.05) is 6.07 Å². The first-order valence-electron chi connectivity index (χ1n) is 5.29. The fourth-order valence-electron chi connectivity index (χ4n) is 1.58. The van der Waals surface area contributed by atoms with Gasteiger partial charge in [-0.05, 0) is 24.6 Å². The topological polar surface area (TPSA) is 69.8 Å². The van der Waals surface area contributed by atoms with Crippen molar-refractivity contribution >= 4 is 17.3 Å². The first-order chi connectivity index (χ1) is 8.20. The summed E-state index contributed by atoms with van der Waals surface area (Å²) in [6.45, 7) is 1.98. The average Bonchev–Trinajstić information content (AvgIpc) is 2.81. The molecule has 17 heavy (non-hydrogen) atoms. The molecule has 2 rings (SSSR count). The second-order valence-corrected chi connectivity index (χ2v) is 3.74. The molecule has 1 aromatic carbocycles. The molecule has 1 amide bonds. The van der Waals surface area contributed by atoms with Gasteiger partial charge in [0.1, 0.15) is 0 Å². The third kappa shape index (κ3) is 2.44. The SMILES string of the molecule is CNc1cc(C)ccc1C(=O)Nc1cn[nH]c1. The Morgan fingerprint density at radius 1 is 1.41 bits per heavy atom. The van der Waals surface area contributed by atoms with Gasteiger partial charge in [-0.25, -0.2) is 0 Å². The Morgan fingerprint density at radius 3 is 2.88 bits per heavy atom. The van der Waals surface area contributed by atoms with Gasteiger partial charge in [0.15, 0.2) is 0 Å². The van der Waals surface area contributed by atoms with Crippen molar-refractivity contribution in [2.24, 2.45) is 0 Å². The van der Waals surface area contributed by atoms with Gasteiger partial charge in [0.05, 0.1) is 17.4 Å². The minimum atomic E-state index is -0.157. The van der Waals surface area contributed by atoms with Gasteiger partial charge < -0.3 is 10.6 Å². The van der Waals surface area contributed by atoms with Gasteiger partial charge in [0.2, 0.25) is 0 Å². The number of carbonyl (C=O) groups is 1. The van der Waals surface area contributed by atoms with Gasteiger partial charge in [-0.2, -0.15) is 5.10 Å². The lowest BCUT2D eigenvalue weighted by atomic mass is 10.1. The third-order valence-electron chi connectivity index (χ3n) is 2.45. The Morgan fingerprint density at radius 2 is 2.24 bits per heavy atom. The minimum Gasteiger partial charge on any atom is -0.387 e. The van der Waals surface area contributed by atoms with E-state index in [4.69, 9.17) is 0 Å². The number of aromatic amines is 1. The molecular weight excluding hydrogens is 216 g/mol. The molecule has 0 saturated carbocycles. The number of aryl methyl sites for hydroxylation is 1. The van der Waals surface area contributed by atoms with E-state index in [-0.39, 0.29) is 5.91 Å². The lowest BCUT2D eigenvalue weighted by Crippen LogP contribution is -2.13. The maximum Gasteiger partial charge on any atom is 0.257 e. The number of benzene rings is 1. The number of hydrogen-bond donors (Lipinski definition) is 3. The Kier molecular flexibility index (Phi) is 3.09. The van der Waals surface area contributed by atoms with E-state index < -0.39 is 0 Å². The predicted molar refractivity (Wildman–Crippen MR) is 67.3 cm³/mol. The zero-order valence-electron chi connectivity index (χ0n) is 9.74. The van der Waals surface area contributed by atoms with Crippen molar-refractivity contribution in [3.8, 4) is 0 Å². The van der Waals surface area contributed by atoms with E-state index >= 15 is 0 Å². The summed E-state index contributed by atoms with van der Waals surface area (Å²) in [6.07, 6.45) is 3.19. The molecule has 2 aromatic rings. The van der Waals surface area contributed by atoms with Crippen LogP contribution in [-0.4, -0.2) is 23.2 Å². The predicted octanol–water partition coefficient (Wildman–Crippen LogP) is 2.01. The smallest absolute Gasteiger partial charge is 0.257 e. The standard InChI is InChI=1S/C12H14N4O/c1-8-3-4-10(11(5-8)13-2)12(17)16-9-6-14-15-7-9/h3-7,13H,1-2H3,(H,14,15)(H,16,17). The van der Waals surface area contributed by atoms with Crippen molar-refractivity contribution in [2.45, 2.75) is 6.92 Å². The zero-order valence-corrected chi connectivity index (χ0v) is 9.74. The van der Waals surface area contributed by atoms with Crippen LogP contribution in [0.3, 0.4) is 0 Å². The van der Waals surface area contributed by atoms with E-state index in [2.05, 4.69) is 20.8 Å². The summed E-state index contributed by atoms with van der Waals surface area (Å²) < 4.78 is 0. The van der Waals surface area contributed by atoms with Crippen LogP contribution in [0.4, 0.5) is 11.4 Å². The van der Waals surface area contributed by atoms with E-state index in [1.807, 2.05) is 19.1 Å². The van der Waals surface area contributed by atoms with E-state index in [9.17, 15) is 4.79 Å². The van der Waals surface area contributed by atoms with Crippen LogP contribution in [0.1, 0.15) is 15.9 Å². The molecule has 0 saturated heterocycles. The highest BCUT2D eigenvalue weighted by Crippen LogP contribution is 2.18. The second kappa shape index (κ2) is 4.69. The Hall–Kier alpha value is -2.30. The van der Waals surface area contributed by atoms with Crippen LogP contribution < -0.4 is 10.6 Å². The van der Waals surface area contributed by atoms with Gasteiger partial charge >= 0.3 is 0 Å². The number of nitrogens with one attached hydrogen (secondary N) is 3. The lowest BCUT2D eigenvalue weighted by Gasteiger charge is -2.09. The highest BCUT2D eigenvalue weighted by molar-refractivity contribution is 6.08. The molecule has 0 aliphatic carbocycles. The second-order valence-electron chi connectivity index (χ2n) is 3.74. The quantitative estimate of drug-likeness (QED) is 0.755. The Bertz CT molecular complexity index is 519. The average molecular weight is 230 g/mol. The number of aromatic nitrogens is 2. The van der Waals surface area contributed by atoms with Gasteiger partial charge in [-0.15, -0.1) is 0 Å². The van der Waals surface area contributed by atoms with Crippen molar-refractivity contribution in [1.29, 1.82) is 0 Å². The lowest BCUT2D eigenvalue weighted by molar-refractivity contribution is 0.102. The van der Waals surface area contributed by atoms with Crippen LogP contribution in [0.25, 0.3) is 0 Å². The number of nitrogens with zero attached hydrogens (tertiary/aromatic N) is 1. The fraction of sp³-hybridized carbons (Fsp3) is 0.167. The molecule has 5 heteroatoms. The first kappa shape index (κ1) is 11.2. The molecule has 0 atom stereocenters. The number of anilines is 2. The van der Waals surface area contributed by atoms with Crippen molar-refractivity contribution in [3.63, 3.8) is 0 Å². The van der Waals surface area contributed by atoms with Crippen LogP contribution >= 0.6 is 0 Å². The number of hydrogen-bond acceptors (Lipinski definition) is 3. The van der Waals surface area contributed by atoms with E-state index in [1.165, 1.54) is 0 Å². The highest BCUT2D eigenvalue weighted by Gasteiger charge is 2.11. The Labute approximate surface area is 99.2 Å². The number of H-pyrrole nitrogens is 1. The normalized spacial score (nSPS) is 10.0. The number of rotatable bonds is 3. The molecule has 1 heterocycles. The summed E-state index contributed by atoms with van der Waals surface area (Å²) in [5, 5.41) is 12.2. The van der Waals surface area contributed by atoms with Gasteiger partial charge in [0.25, 0.3) is 5.91 Å². The molecule has 0 spiro atoms. The highest BCUT2D eigenvalue weighted by atomic mass is 16.1. The molecule has 1 aromatic heterocycles.